The largest absolute Gasteiger partial charge is 0.391 e. The van der Waals surface area contributed by atoms with Gasteiger partial charge < -0.3 is 9.84 Å². The van der Waals surface area contributed by atoms with Crippen molar-refractivity contribution in [2.75, 3.05) is 6.61 Å². The minimum atomic E-state index is -0.320. The van der Waals surface area contributed by atoms with E-state index >= 15 is 0 Å². The van der Waals surface area contributed by atoms with Crippen LogP contribution >= 0.6 is 0 Å². The van der Waals surface area contributed by atoms with Crippen molar-refractivity contribution in [1.29, 1.82) is 0 Å². The minimum absolute atomic E-state index is 0.320. The van der Waals surface area contributed by atoms with Crippen molar-refractivity contribution in [3.63, 3.8) is 0 Å². The highest BCUT2D eigenvalue weighted by Crippen LogP contribution is 2.57. The molecule has 0 aromatic heterocycles. The van der Waals surface area contributed by atoms with E-state index in [1.165, 1.54) is 19.3 Å². The number of allylic oxidation sites excluding steroid dienone is 2. The fourth-order valence-electron chi connectivity index (χ4n) is 3.94. The first kappa shape index (κ1) is 9.86. The highest BCUT2D eigenvalue weighted by atomic mass is 16.5. The van der Waals surface area contributed by atoms with Gasteiger partial charge in [0, 0.05) is 0 Å². The first-order valence-corrected chi connectivity index (χ1v) is 6.22. The Morgan fingerprint density at radius 3 is 3.07 bits per heavy atom. The summed E-state index contributed by atoms with van der Waals surface area (Å²) in [6.45, 7) is 2.31. The molecule has 0 heterocycles. The number of hydrogen-bond acceptors (Lipinski definition) is 2. The van der Waals surface area contributed by atoms with Crippen molar-refractivity contribution in [2.24, 2.45) is 23.7 Å². The molecule has 0 aromatic rings. The summed E-state index contributed by atoms with van der Waals surface area (Å²) in [6.07, 6.45) is 8.77. The molecule has 3 aliphatic rings. The fraction of sp³-hybridized carbons (Fsp3) is 0.846. The fourth-order valence-corrected chi connectivity index (χ4v) is 3.94. The molecule has 6 unspecified atom stereocenters. The normalized spacial score (nSPS) is 48.5. The van der Waals surface area contributed by atoms with Crippen LogP contribution in [0.5, 0.6) is 0 Å². The van der Waals surface area contributed by atoms with Crippen LogP contribution in [-0.4, -0.2) is 23.9 Å². The van der Waals surface area contributed by atoms with Gasteiger partial charge in [-0.15, -0.1) is 0 Å². The van der Waals surface area contributed by atoms with Crippen LogP contribution < -0.4 is 0 Å². The smallest absolute Gasteiger partial charge is 0.0745 e. The molecule has 84 valence electrons. The number of aliphatic hydroxyl groups is 1. The van der Waals surface area contributed by atoms with Gasteiger partial charge in [0.2, 0.25) is 0 Å². The van der Waals surface area contributed by atoms with Crippen LogP contribution in [0.3, 0.4) is 0 Å². The second-order valence-electron chi connectivity index (χ2n) is 5.52. The summed E-state index contributed by atoms with van der Waals surface area (Å²) < 4.78 is 5.82. The Labute approximate surface area is 91.3 Å². The number of fused-ring (bicyclic) bond motifs is 5. The van der Waals surface area contributed by atoms with Gasteiger partial charge in [0.05, 0.1) is 18.8 Å². The van der Waals surface area contributed by atoms with Gasteiger partial charge in [-0.2, -0.15) is 0 Å². The van der Waals surface area contributed by atoms with Crippen molar-refractivity contribution in [3.8, 4) is 0 Å². The Kier molecular flexibility index (Phi) is 2.37. The lowest BCUT2D eigenvalue weighted by atomic mass is 9.80. The monoisotopic (exact) mass is 208 g/mol. The molecular formula is C13H20O2. The Morgan fingerprint density at radius 2 is 2.27 bits per heavy atom. The highest BCUT2D eigenvalue weighted by molar-refractivity contribution is 5.14. The van der Waals surface area contributed by atoms with Crippen LogP contribution in [0.1, 0.15) is 26.2 Å². The third kappa shape index (κ3) is 1.55. The Bertz CT molecular complexity index is 272. The molecule has 2 fully saturated rings. The van der Waals surface area contributed by atoms with Crippen LogP contribution in [0.25, 0.3) is 0 Å². The predicted octanol–water partition coefficient (Wildman–Crippen LogP) is 1.98. The number of ether oxygens (including phenoxy) is 1. The SMILES string of the molecule is CC(O)COC1CC2CC1C1C=CCC21. The highest BCUT2D eigenvalue weighted by Gasteiger charge is 2.52. The molecule has 2 saturated carbocycles. The van der Waals surface area contributed by atoms with E-state index in [4.69, 9.17) is 4.74 Å². The summed E-state index contributed by atoms with van der Waals surface area (Å²) in [7, 11) is 0. The summed E-state index contributed by atoms with van der Waals surface area (Å²) >= 11 is 0. The Morgan fingerprint density at radius 1 is 1.40 bits per heavy atom. The van der Waals surface area contributed by atoms with E-state index in [0.29, 0.717) is 12.7 Å². The van der Waals surface area contributed by atoms with Crippen LogP contribution in [0.15, 0.2) is 12.2 Å². The number of hydrogen-bond donors (Lipinski definition) is 1. The predicted molar refractivity (Wildman–Crippen MR) is 58.4 cm³/mol. The second-order valence-corrected chi connectivity index (χ2v) is 5.52. The van der Waals surface area contributed by atoms with Crippen molar-refractivity contribution in [2.45, 2.75) is 38.4 Å². The summed E-state index contributed by atoms with van der Waals surface area (Å²) in [5.41, 5.74) is 0. The molecule has 0 spiro atoms. The second kappa shape index (κ2) is 3.60. The Hall–Kier alpha value is -0.340. The molecule has 3 aliphatic carbocycles. The first-order chi connectivity index (χ1) is 7.25. The van der Waals surface area contributed by atoms with Gasteiger partial charge in [0.1, 0.15) is 0 Å². The third-order valence-electron chi connectivity index (χ3n) is 4.50. The maximum absolute atomic E-state index is 9.23. The molecule has 3 rings (SSSR count). The molecule has 2 heteroatoms. The van der Waals surface area contributed by atoms with Gasteiger partial charge in [-0.05, 0) is 49.9 Å². The maximum Gasteiger partial charge on any atom is 0.0745 e. The zero-order valence-corrected chi connectivity index (χ0v) is 9.30. The van der Waals surface area contributed by atoms with Crippen molar-refractivity contribution >= 4 is 0 Å². The van der Waals surface area contributed by atoms with Gasteiger partial charge in [-0.1, -0.05) is 12.2 Å². The molecule has 0 aromatic carbocycles. The quantitative estimate of drug-likeness (QED) is 0.719. The standard InChI is InChI=1S/C13H20O2/c1-8(14)7-15-13-6-9-5-12(13)11-4-2-3-10(9)11/h2,4,8-14H,3,5-7H2,1H3. The van der Waals surface area contributed by atoms with E-state index in [9.17, 15) is 5.11 Å². The average Bonchev–Trinajstić information content (AvgIpc) is 2.86. The Balaban J connectivity index is 1.63. The third-order valence-corrected chi connectivity index (χ3v) is 4.50. The minimum Gasteiger partial charge on any atom is -0.391 e. The molecule has 0 aliphatic heterocycles. The zero-order chi connectivity index (χ0) is 10.4. The topological polar surface area (TPSA) is 29.5 Å². The summed E-state index contributed by atoms with van der Waals surface area (Å²) in [6, 6.07) is 0. The summed E-state index contributed by atoms with van der Waals surface area (Å²) in [5, 5.41) is 9.23. The molecular weight excluding hydrogens is 188 g/mol. The average molecular weight is 208 g/mol. The van der Waals surface area contributed by atoms with Crippen LogP contribution in [-0.2, 0) is 4.74 Å². The van der Waals surface area contributed by atoms with Crippen LogP contribution in [0.2, 0.25) is 0 Å². The van der Waals surface area contributed by atoms with Crippen molar-refractivity contribution in [1.82, 2.24) is 0 Å². The van der Waals surface area contributed by atoms with Crippen molar-refractivity contribution in [3.05, 3.63) is 12.2 Å². The number of aliphatic hydroxyl groups excluding tert-OH is 1. The van der Waals surface area contributed by atoms with Gasteiger partial charge >= 0.3 is 0 Å². The zero-order valence-electron chi connectivity index (χ0n) is 9.30. The van der Waals surface area contributed by atoms with E-state index in [0.717, 1.165) is 23.7 Å². The van der Waals surface area contributed by atoms with Crippen LogP contribution in [0, 0.1) is 23.7 Å². The number of rotatable bonds is 3. The molecule has 15 heavy (non-hydrogen) atoms. The molecule has 6 atom stereocenters. The lowest BCUT2D eigenvalue weighted by Gasteiger charge is -2.31. The molecule has 1 N–H and O–H groups in total. The molecule has 2 nitrogen and oxygen atoms in total. The van der Waals surface area contributed by atoms with Crippen LogP contribution in [0.4, 0.5) is 0 Å². The molecule has 0 radical (unpaired) electrons. The molecule has 0 saturated heterocycles. The molecule has 0 amide bonds. The lowest BCUT2D eigenvalue weighted by Crippen LogP contribution is -2.32. The van der Waals surface area contributed by atoms with E-state index in [1.54, 1.807) is 6.92 Å². The van der Waals surface area contributed by atoms with Gasteiger partial charge in [-0.3, -0.25) is 0 Å². The van der Waals surface area contributed by atoms with E-state index in [1.807, 2.05) is 0 Å². The van der Waals surface area contributed by atoms with E-state index in [2.05, 4.69) is 12.2 Å². The van der Waals surface area contributed by atoms with Gasteiger partial charge in [0.15, 0.2) is 0 Å². The molecule has 2 bridgehead atoms. The maximum atomic E-state index is 9.23. The van der Waals surface area contributed by atoms with Gasteiger partial charge in [0.25, 0.3) is 0 Å². The first-order valence-electron chi connectivity index (χ1n) is 6.22. The van der Waals surface area contributed by atoms with Gasteiger partial charge in [-0.25, -0.2) is 0 Å². The summed E-state index contributed by atoms with van der Waals surface area (Å²) in [4.78, 5) is 0. The van der Waals surface area contributed by atoms with E-state index < -0.39 is 0 Å². The lowest BCUT2D eigenvalue weighted by molar-refractivity contribution is -0.0398. The summed E-state index contributed by atoms with van der Waals surface area (Å²) in [5.74, 6) is 3.37. The van der Waals surface area contributed by atoms with E-state index in [-0.39, 0.29) is 6.10 Å². The van der Waals surface area contributed by atoms with Crippen molar-refractivity contribution < 1.29 is 9.84 Å².